The number of aromatic amines is 1. The monoisotopic (exact) mass is 420 g/mol. The summed E-state index contributed by atoms with van der Waals surface area (Å²) >= 11 is 11.1. The third-order valence-corrected chi connectivity index (χ3v) is 2.94. The maximum absolute atomic E-state index is 8.00. The van der Waals surface area contributed by atoms with Crippen LogP contribution >= 0.6 is 23.2 Å². The van der Waals surface area contributed by atoms with Gasteiger partial charge in [-0.1, -0.05) is 23.2 Å². The number of amidine groups is 1. The van der Waals surface area contributed by atoms with Crippen molar-refractivity contribution < 1.29 is 29.6 Å². The van der Waals surface area contributed by atoms with E-state index in [1.54, 1.807) is 30.5 Å². The standard InChI is InChI=1S/C6H4ClN5.C6H7ClN4.HNO2.Na/c7-5-2-1-4(3-8-5)6-9-11-12-10-6;7-5-2-1-4(3-10-5)6(8)11-9;2-1-3;/h1-3H,(H,9,10,11,12);1-3H,9H2,(H2,8,11);(H,2,3);/q;;;+1/p-1. The van der Waals surface area contributed by atoms with Crippen LogP contribution in [0.4, 0.5) is 0 Å². The molecule has 0 atom stereocenters. The number of tetrazole rings is 1. The average molecular weight is 421 g/mol. The number of hydrogen-bond donors (Lipinski definition) is 3. The van der Waals surface area contributed by atoms with E-state index in [0.717, 1.165) is 10.9 Å². The first-order valence-corrected chi connectivity index (χ1v) is 7.23. The van der Waals surface area contributed by atoms with Gasteiger partial charge in [-0.05, 0) is 29.5 Å². The summed E-state index contributed by atoms with van der Waals surface area (Å²) in [6, 6.07) is 6.77. The molecular weight excluding hydrogens is 410 g/mol. The summed E-state index contributed by atoms with van der Waals surface area (Å²) in [6.07, 6.45) is 3.10. The van der Waals surface area contributed by atoms with Gasteiger partial charge in [0, 0.05) is 23.5 Å². The van der Waals surface area contributed by atoms with Gasteiger partial charge in [-0.3, -0.25) is 0 Å². The SMILES string of the molecule is Clc1ccc(-c2nn[nH]n2)cn1.NN=C(N)c1ccc(Cl)nc1.O=N[O-].[Na+]. The molecule has 12 nitrogen and oxygen atoms in total. The summed E-state index contributed by atoms with van der Waals surface area (Å²) in [5, 5.41) is 26.5. The first kappa shape index (κ1) is 24.6. The van der Waals surface area contributed by atoms with Crippen molar-refractivity contribution in [2.75, 3.05) is 0 Å². The largest absolute Gasteiger partial charge is 1.00 e. The Morgan fingerprint density at radius 3 is 2.11 bits per heavy atom. The van der Waals surface area contributed by atoms with Gasteiger partial charge in [-0.2, -0.15) is 10.3 Å². The van der Waals surface area contributed by atoms with Crippen LogP contribution in [0.1, 0.15) is 5.56 Å². The van der Waals surface area contributed by atoms with Crippen LogP contribution in [0.5, 0.6) is 0 Å². The number of halogens is 2. The van der Waals surface area contributed by atoms with Crippen LogP contribution in [0.25, 0.3) is 11.4 Å². The van der Waals surface area contributed by atoms with Crippen molar-refractivity contribution in [1.82, 2.24) is 30.6 Å². The summed E-state index contributed by atoms with van der Waals surface area (Å²) in [6.45, 7) is 0. The van der Waals surface area contributed by atoms with Crippen molar-refractivity contribution in [3.05, 3.63) is 62.6 Å². The molecule has 0 bridgehead atoms. The van der Waals surface area contributed by atoms with E-state index >= 15 is 0 Å². The number of nitrogens with one attached hydrogen (secondary N) is 1. The van der Waals surface area contributed by atoms with Gasteiger partial charge in [-0.25, -0.2) is 9.97 Å². The Kier molecular flexibility index (Phi) is 12.6. The summed E-state index contributed by atoms with van der Waals surface area (Å²) in [5.41, 5.74) is 6.84. The predicted molar refractivity (Wildman–Crippen MR) is 95.7 cm³/mol. The van der Waals surface area contributed by atoms with Crippen molar-refractivity contribution in [2.45, 2.75) is 0 Å². The molecule has 15 heteroatoms. The molecule has 0 fully saturated rings. The molecule has 27 heavy (non-hydrogen) atoms. The van der Waals surface area contributed by atoms with Crippen molar-refractivity contribution >= 4 is 29.0 Å². The summed E-state index contributed by atoms with van der Waals surface area (Å²) in [5.74, 6) is 5.70. The molecule has 3 aromatic rings. The fourth-order valence-corrected chi connectivity index (χ4v) is 1.62. The number of aromatic nitrogens is 6. The Labute approximate surface area is 184 Å². The Morgan fingerprint density at radius 1 is 1.11 bits per heavy atom. The molecule has 0 aliphatic carbocycles. The van der Waals surface area contributed by atoms with Crippen LogP contribution in [0.15, 0.2) is 47.1 Å². The molecule has 0 spiro atoms. The van der Waals surface area contributed by atoms with Crippen LogP contribution in [0.2, 0.25) is 10.3 Å². The number of nitrogens with zero attached hydrogens (tertiary/aromatic N) is 7. The van der Waals surface area contributed by atoms with Crippen molar-refractivity contribution in [1.29, 1.82) is 0 Å². The van der Waals surface area contributed by atoms with Crippen LogP contribution in [0.3, 0.4) is 0 Å². The molecule has 3 aromatic heterocycles. The second-order valence-corrected chi connectivity index (χ2v) is 4.84. The Morgan fingerprint density at radius 2 is 1.70 bits per heavy atom. The van der Waals surface area contributed by atoms with E-state index in [4.69, 9.17) is 44.9 Å². The molecule has 0 aromatic carbocycles. The molecular formula is C12H11Cl2N10NaO2. The van der Waals surface area contributed by atoms with Crippen molar-refractivity contribution in [3.8, 4) is 11.4 Å². The zero-order valence-corrected chi connectivity index (χ0v) is 17.3. The zero-order valence-electron chi connectivity index (χ0n) is 13.8. The molecule has 0 saturated heterocycles. The van der Waals surface area contributed by atoms with Crippen LogP contribution < -0.4 is 41.1 Å². The molecule has 0 radical (unpaired) electrons. The zero-order chi connectivity index (χ0) is 19.4. The number of H-pyrrole nitrogens is 1. The van der Waals surface area contributed by atoms with E-state index in [1.165, 1.54) is 6.20 Å². The minimum atomic E-state index is 0. The summed E-state index contributed by atoms with van der Waals surface area (Å²) in [4.78, 5) is 15.7. The third kappa shape index (κ3) is 9.21. The molecule has 3 heterocycles. The number of nitrogens with two attached hydrogens (primary N) is 2. The predicted octanol–water partition coefficient (Wildman–Crippen LogP) is -1.52. The van der Waals surface area contributed by atoms with Gasteiger partial charge in [-0.15, -0.1) is 15.5 Å². The number of hydrogen-bond acceptors (Lipinski definition) is 10. The molecule has 0 amide bonds. The number of rotatable bonds is 2. The molecule has 0 unspecified atom stereocenters. The molecule has 136 valence electrons. The average Bonchev–Trinajstić information content (AvgIpc) is 3.18. The van der Waals surface area contributed by atoms with Gasteiger partial charge in [0.25, 0.3) is 0 Å². The Balaban J connectivity index is 0.000000426. The van der Waals surface area contributed by atoms with E-state index in [-0.39, 0.29) is 35.4 Å². The van der Waals surface area contributed by atoms with Gasteiger partial charge in [0.05, 0.1) is 0 Å². The second-order valence-electron chi connectivity index (χ2n) is 4.06. The maximum atomic E-state index is 8.00. The summed E-state index contributed by atoms with van der Waals surface area (Å²) in [7, 11) is 0. The fourth-order valence-electron chi connectivity index (χ4n) is 1.39. The van der Waals surface area contributed by atoms with Crippen molar-refractivity contribution in [3.63, 3.8) is 0 Å². The fraction of sp³-hybridized carbons (Fsp3) is 0. The van der Waals surface area contributed by atoms with Gasteiger partial charge < -0.3 is 21.7 Å². The molecule has 3 rings (SSSR count). The van der Waals surface area contributed by atoms with Crippen molar-refractivity contribution in [2.24, 2.45) is 22.0 Å². The van der Waals surface area contributed by atoms with E-state index in [2.05, 4.69) is 35.7 Å². The van der Waals surface area contributed by atoms with Crippen LogP contribution in [-0.2, 0) is 0 Å². The first-order chi connectivity index (χ1) is 12.5. The van der Waals surface area contributed by atoms with Crippen LogP contribution in [-0.4, -0.2) is 36.4 Å². The van der Waals surface area contributed by atoms with E-state index in [9.17, 15) is 0 Å². The number of hydrazone groups is 1. The second kappa shape index (κ2) is 13.8. The molecule has 0 aliphatic heterocycles. The van der Waals surface area contributed by atoms with Gasteiger partial charge >= 0.3 is 29.6 Å². The smallest absolute Gasteiger partial charge is 0.444 e. The van der Waals surface area contributed by atoms with E-state index in [0.29, 0.717) is 21.7 Å². The van der Waals surface area contributed by atoms with Gasteiger partial charge in [0.15, 0.2) is 5.84 Å². The minimum absolute atomic E-state index is 0. The first-order valence-electron chi connectivity index (χ1n) is 6.47. The maximum Gasteiger partial charge on any atom is 1.00 e. The van der Waals surface area contributed by atoms with Crippen LogP contribution in [0, 0.1) is 10.1 Å². The molecule has 0 saturated carbocycles. The van der Waals surface area contributed by atoms with Gasteiger partial charge in [0.2, 0.25) is 5.82 Å². The molecule has 5 N–H and O–H groups in total. The van der Waals surface area contributed by atoms with E-state index in [1.807, 2.05) is 0 Å². The third-order valence-electron chi connectivity index (χ3n) is 2.49. The minimum Gasteiger partial charge on any atom is -0.444 e. The number of pyridine rings is 2. The normalized spacial score (nSPS) is 9.63. The summed E-state index contributed by atoms with van der Waals surface area (Å²) < 4.78 is 0. The Hall–Kier alpha value is -2.38. The molecule has 0 aliphatic rings. The quantitative estimate of drug-likeness (QED) is 0.0837. The van der Waals surface area contributed by atoms with Gasteiger partial charge in [0.1, 0.15) is 10.3 Å². The van der Waals surface area contributed by atoms with E-state index < -0.39 is 0 Å². The Bertz CT molecular complexity index is 815. The topological polar surface area (TPSA) is 197 Å².